The zero-order valence-electron chi connectivity index (χ0n) is 22.0. The number of aliphatic hydroxyl groups is 1. The van der Waals surface area contributed by atoms with Crippen LogP contribution in [0.5, 0.6) is 5.88 Å². The summed E-state index contributed by atoms with van der Waals surface area (Å²) in [5.74, 6) is 3.10. The van der Waals surface area contributed by atoms with E-state index in [9.17, 15) is 9.50 Å². The molecule has 0 spiro atoms. The predicted octanol–water partition coefficient (Wildman–Crippen LogP) is 7.86. The Morgan fingerprint density at radius 1 is 1.05 bits per heavy atom. The van der Waals surface area contributed by atoms with Gasteiger partial charge in [-0.25, -0.2) is 9.37 Å². The van der Waals surface area contributed by atoms with Gasteiger partial charge in [-0.05, 0) is 130 Å². The second-order valence-corrected chi connectivity index (χ2v) is 12.8. The fourth-order valence-electron chi connectivity index (χ4n) is 6.33. The first kappa shape index (κ1) is 24.9. The minimum absolute atomic E-state index is 0.135. The smallest absolute Gasteiger partial charge is 0.213 e. The highest BCUT2D eigenvalue weighted by Gasteiger charge is 2.44. The molecule has 3 nitrogen and oxygen atoms in total. The monoisotopic (exact) mass is 517 g/mol. The molecule has 3 aromatic rings. The van der Waals surface area contributed by atoms with Gasteiger partial charge in [-0.1, -0.05) is 12.1 Å². The molecule has 2 fully saturated rings. The zero-order valence-corrected chi connectivity index (χ0v) is 22.8. The van der Waals surface area contributed by atoms with Gasteiger partial charge < -0.3 is 9.84 Å². The minimum atomic E-state index is -0.630. The molecule has 2 saturated carbocycles. The number of aromatic nitrogens is 1. The number of fused-ring (bicyclic) bond motifs is 3. The number of hydrogen-bond acceptors (Lipinski definition) is 4. The number of benzene rings is 2. The van der Waals surface area contributed by atoms with Crippen molar-refractivity contribution in [1.82, 2.24) is 4.98 Å². The third-order valence-corrected chi connectivity index (χ3v) is 9.73. The van der Waals surface area contributed by atoms with Crippen LogP contribution in [0.2, 0.25) is 0 Å². The maximum Gasteiger partial charge on any atom is 0.213 e. The summed E-state index contributed by atoms with van der Waals surface area (Å²) in [5, 5.41) is 10.3. The van der Waals surface area contributed by atoms with Crippen LogP contribution in [0.15, 0.2) is 53.4 Å². The summed E-state index contributed by atoms with van der Waals surface area (Å²) >= 11 is 1.71. The average Bonchev–Trinajstić information content (AvgIpc) is 3.54. The van der Waals surface area contributed by atoms with E-state index in [-0.39, 0.29) is 11.9 Å². The van der Waals surface area contributed by atoms with E-state index in [1.165, 1.54) is 23.3 Å². The van der Waals surface area contributed by atoms with E-state index in [1.54, 1.807) is 23.4 Å². The molecule has 37 heavy (non-hydrogen) atoms. The number of ether oxygens (including phenoxy) is 1. The quantitative estimate of drug-likeness (QED) is 0.324. The Morgan fingerprint density at radius 2 is 1.86 bits per heavy atom. The molecular formula is C32H36FNO2S. The van der Waals surface area contributed by atoms with Crippen molar-refractivity contribution in [2.24, 2.45) is 11.8 Å². The molecule has 1 N–H and O–H groups in total. The Kier molecular flexibility index (Phi) is 6.57. The summed E-state index contributed by atoms with van der Waals surface area (Å²) in [6.45, 7) is 5.79. The molecule has 0 amide bonds. The minimum Gasteiger partial charge on any atom is -0.474 e. The standard InChI is InChI=1S/C32H36FNO2S/c1-19-27(11-13-31(34-19)36-25-7-5-24(6-8-25)32(2,3)35)20-4-12-30(33)23(14-20)18-37-26-9-10-28-21(16-26)15-22-17-29(22)28/h4,9-14,16,22,24-25,29,35H,5-8,15,17-18H2,1-3H3. The Bertz CT molecular complexity index is 1310. The molecule has 3 aliphatic carbocycles. The normalized spacial score (nSPS) is 24.5. The molecule has 5 heteroatoms. The Morgan fingerprint density at radius 3 is 2.62 bits per heavy atom. The molecule has 1 heterocycles. The summed E-state index contributed by atoms with van der Waals surface area (Å²) in [6, 6.07) is 16.2. The van der Waals surface area contributed by atoms with Gasteiger partial charge in [0.15, 0.2) is 0 Å². The van der Waals surface area contributed by atoms with Gasteiger partial charge in [-0.15, -0.1) is 11.8 Å². The first-order valence-corrected chi connectivity index (χ1v) is 14.6. The molecule has 0 bridgehead atoms. The highest BCUT2D eigenvalue weighted by molar-refractivity contribution is 7.98. The van der Waals surface area contributed by atoms with E-state index >= 15 is 0 Å². The number of thioether (sulfide) groups is 1. The molecule has 0 aliphatic heterocycles. The Hall–Kier alpha value is -2.37. The highest BCUT2D eigenvalue weighted by atomic mass is 32.2. The lowest BCUT2D eigenvalue weighted by molar-refractivity contribution is -0.0156. The molecule has 0 radical (unpaired) electrons. The molecular weight excluding hydrogens is 481 g/mol. The van der Waals surface area contributed by atoms with Crippen LogP contribution in [-0.2, 0) is 12.2 Å². The molecule has 1 aromatic heterocycles. The number of pyridine rings is 1. The molecule has 2 atom stereocenters. The highest BCUT2D eigenvalue weighted by Crippen LogP contribution is 2.56. The third kappa shape index (κ3) is 5.31. The van der Waals surface area contributed by atoms with Crippen molar-refractivity contribution in [2.45, 2.75) is 87.6 Å². The zero-order chi connectivity index (χ0) is 25.7. The fourth-order valence-corrected chi connectivity index (χ4v) is 7.26. The topological polar surface area (TPSA) is 42.4 Å². The predicted molar refractivity (Wildman–Crippen MR) is 148 cm³/mol. The average molecular weight is 518 g/mol. The van der Waals surface area contributed by atoms with Gasteiger partial charge in [-0.2, -0.15) is 0 Å². The van der Waals surface area contributed by atoms with Crippen LogP contribution in [-0.4, -0.2) is 21.8 Å². The second kappa shape index (κ2) is 9.74. The van der Waals surface area contributed by atoms with Crippen molar-refractivity contribution >= 4 is 11.8 Å². The molecule has 2 aromatic carbocycles. The van der Waals surface area contributed by atoms with E-state index in [2.05, 4.69) is 18.2 Å². The molecule has 2 unspecified atom stereocenters. The lowest BCUT2D eigenvalue weighted by atomic mass is 9.78. The summed E-state index contributed by atoms with van der Waals surface area (Å²) in [4.78, 5) is 5.95. The van der Waals surface area contributed by atoms with Crippen LogP contribution in [0, 0.1) is 24.6 Å². The van der Waals surface area contributed by atoms with Gasteiger partial charge in [0.05, 0.1) is 5.60 Å². The summed E-state index contributed by atoms with van der Waals surface area (Å²) in [5.41, 5.74) is 5.98. The number of rotatable bonds is 7. The third-order valence-electron chi connectivity index (χ3n) is 8.69. The van der Waals surface area contributed by atoms with Crippen molar-refractivity contribution in [3.05, 3.63) is 76.7 Å². The maximum atomic E-state index is 14.7. The first-order chi connectivity index (χ1) is 17.7. The second-order valence-electron chi connectivity index (χ2n) is 11.8. The van der Waals surface area contributed by atoms with Crippen LogP contribution in [0.1, 0.15) is 74.3 Å². The first-order valence-electron chi connectivity index (χ1n) is 13.7. The molecule has 0 saturated heterocycles. The van der Waals surface area contributed by atoms with E-state index < -0.39 is 5.60 Å². The van der Waals surface area contributed by atoms with Gasteiger partial charge in [0, 0.05) is 28.0 Å². The van der Waals surface area contributed by atoms with Crippen molar-refractivity contribution in [1.29, 1.82) is 0 Å². The van der Waals surface area contributed by atoms with Gasteiger partial charge in [-0.3, -0.25) is 0 Å². The van der Waals surface area contributed by atoms with Crippen LogP contribution in [0.3, 0.4) is 0 Å². The lowest BCUT2D eigenvalue weighted by Gasteiger charge is -2.35. The summed E-state index contributed by atoms with van der Waals surface area (Å²) < 4.78 is 20.9. The Labute approximate surface area is 223 Å². The van der Waals surface area contributed by atoms with Crippen molar-refractivity contribution in [3.63, 3.8) is 0 Å². The van der Waals surface area contributed by atoms with Crippen LogP contribution in [0.4, 0.5) is 4.39 Å². The molecule has 6 rings (SSSR count). The van der Waals surface area contributed by atoms with Crippen LogP contribution in [0.25, 0.3) is 11.1 Å². The molecule has 3 aliphatic rings. The van der Waals surface area contributed by atoms with E-state index in [4.69, 9.17) is 9.72 Å². The maximum absolute atomic E-state index is 14.7. The van der Waals surface area contributed by atoms with E-state index in [1.807, 2.05) is 45.0 Å². The van der Waals surface area contributed by atoms with Gasteiger partial charge in [0.25, 0.3) is 0 Å². The van der Waals surface area contributed by atoms with Crippen molar-refractivity contribution in [2.75, 3.05) is 0 Å². The largest absolute Gasteiger partial charge is 0.474 e. The van der Waals surface area contributed by atoms with E-state index in [0.29, 0.717) is 23.1 Å². The SMILES string of the molecule is Cc1nc(OC2CCC(C(C)(C)O)CC2)ccc1-c1ccc(F)c(CSc2ccc3c(c2)CC2CC32)c1. The van der Waals surface area contributed by atoms with Gasteiger partial charge >= 0.3 is 0 Å². The number of hydrogen-bond donors (Lipinski definition) is 1. The van der Waals surface area contributed by atoms with Crippen molar-refractivity contribution in [3.8, 4) is 17.0 Å². The van der Waals surface area contributed by atoms with Gasteiger partial charge in [0.2, 0.25) is 5.88 Å². The Balaban J connectivity index is 1.11. The number of aryl methyl sites for hydroxylation is 1. The molecule has 194 valence electrons. The fraction of sp³-hybridized carbons (Fsp3) is 0.469. The van der Waals surface area contributed by atoms with Gasteiger partial charge in [0.1, 0.15) is 11.9 Å². The van der Waals surface area contributed by atoms with Crippen LogP contribution >= 0.6 is 11.8 Å². The lowest BCUT2D eigenvalue weighted by Crippen LogP contribution is -2.36. The van der Waals surface area contributed by atoms with E-state index in [0.717, 1.165) is 54.3 Å². The van der Waals surface area contributed by atoms with Crippen molar-refractivity contribution < 1.29 is 14.2 Å². The summed E-state index contributed by atoms with van der Waals surface area (Å²) in [6.07, 6.45) is 6.51. The number of halogens is 1. The van der Waals surface area contributed by atoms with Crippen LogP contribution < -0.4 is 4.74 Å². The number of nitrogens with zero attached hydrogens (tertiary/aromatic N) is 1. The summed E-state index contributed by atoms with van der Waals surface area (Å²) in [7, 11) is 0.